The third-order valence-corrected chi connectivity index (χ3v) is 3.92. The molecule has 0 bridgehead atoms. The summed E-state index contributed by atoms with van der Waals surface area (Å²) in [6.07, 6.45) is 5.08. The van der Waals surface area contributed by atoms with Crippen LogP contribution in [0.2, 0.25) is 0 Å². The van der Waals surface area contributed by atoms with E-state index in [-0.39, 0.29) is 0 Å². The molecule has 84 valence electrons. The zero-order valence-corrected chi connectivity index (χ0v) is 9.58. The lowest BCUT2D eigenvalue weighted by Crippen LogP contribution is -2.30. The lowest BCUT2D eigenvalue weighted by Gasteiger charge is -2.23. The summed E-state index contributed by atoms with van der Waals surface area (Å²) in [5.41, 5.74) is 2.82. The van der Waals surface area contributed by atoms with Crippen LogP contribution in [0.3, 0.4) is 0 Å². The van der Waals surface area contributed by atoms with Gasteiger partial charge in [-0.15, -0.1) is 0 Å². The van der Waals surface area contributed by atoms with Crippen molar-refractivity contribution in [3.63, 3.8) is 0 Å². The maximum Gasteiger partial charge on any atom is 0.0995 e. The van der Waals surface area contributed by atoms with Crippen LogP contribution in [0.4, 0.5) is 0 Å². The molecule has 0 radical (unpaired) electrons. The smallest absolute Gasteiger partial charge is 0.0995 e. The predicted molar refractivity (Wildman–Crippen MR) is 65.4 cm³/mol. The highest BCUT2D eigenvalue weighted by Crippen LogP contribution is 2.30. The summed E-state index contributed by atoms with van der Waals surface area (Å²) in [6.45, 7) is 1.90. The van der Waals surface area contributed by atoms with Gasteiger partial charge in [-0.3, -0.25) is 5.41 Å². The summed E-state index contributed by atoms with van der Waals surface area (Å²) >= 11 is 0. The molecular formula is C14H18N2. The van der Waals surface area contributed by atoms with E-state index in [1.54, 1.807) is 0 Å². The molecule has 0 amide bonds. The first-order valence-corrected chi connectivity index (χ1v) is 6.25. The molecule has 1 aromatic carbocycles. The van der Waals surface area contributed by atoms with E-state index < -0.39 is 0 Å². The number of nitrogens with zero attached hydrogens (tertiary/aromatic N) is 1. The fourth-order valence-electron chi connectivity index (χ4n) is 2.96. The minimum atomic E-state index is 0.536. The average Bonchev–Trinajstić information content (AvgIpc) is 2.97. The zero-order valence-electron chi connectivity index (χ0n) is 9.58. The Morgan fingerprint density at radius 2 is 1.62 bits per heavy atom. The van der Waals surface area contributed by atoms with Crippen molar-refractivity contribution in [1.29, 1.82) is 5.41 Å². The largest absolute Gasteiger partial charge is 0.352 e. The number of hydrogen-bond acceptors (Lipinski definition) is 1. The Morgan fingerprint density at radius 1 is 1.06 bits per heavy atom. The summed E-state index contributed by atoms with van der Waals surface area (Å²) in [5.74, 6) is 1.42. The van der Waals surface area contributed by atoms with E-state index >= 15 is 0 Å². The lowest BCUT2D eigenvalue weighted by atomic mass is 10.1. The van der Waals surface area contributed by atoms with Gasteiger partial charge in [-0.25, -0.2) is 0 Å². The van der Waals surface area contributed by atoms with Crippen LogP contribution >= 0.6 is 0 Å². The molecule has 1 heterocycles. The molecule has 2 nitrogen and oxygen atoms in total. The van der Waals surface area contributed by atoms with Gasteiger partial charge >= 0.3 is 0 Å². The number of benzene rings is 1. The average molecular weight is 214 g/mol. The van der Waals surface area contributed by atoms with E-state index in [0.717, 1.165) is 18.9 Å². The van der Waals surface area contributed by atoms with Gasteiger partial charge in [0.1, 0.15) is 0 Å². The highest BCUT2D eigenvalue weighted by molar-refractivity contribution is 5.82. The SMILES string of the molecule is N=C(C1CCCC1)N1Cc2ccccc2C1. The Labute approximate surface area is 96.8 Å². The van der Waals surface area contributed by atoms with E-state index in [0.29, 0.717) is 5.92 Å². The number of nitrogens with one attached hydrogen (secondary N) is 1. The number of hydrogen-bond donors (Lipinski definition) is 1. The maximum atomic E-state index is 8.28. The van der Waals surface area contributed by atoms with E-state index in [9.17, 15) is 0 Å². The normalized spacial score (nSPS) is 20.1. The minimum absolute atomic E-state index is 0.536. The van der Waals surface area contributed by atoms with E-state index in [1.165, 1.54) is 36.8 Å². The monoisotopic (exact) mass is 214 g/mol. The van der Waals surface area contributed by atoms with Crippen molar-refractivity contribution in [2.45, 2.75) is 38.8 Å². The standard InChI is InChI=1S/C14H18N2/c15-14(11-5-1-2-6-11)16-9-12-7-3-4-8-13(12)10-16/h3-4,7-8,11,15H,1-2,5-6,9-10H2. The number of amidine groups is 1. The molecule has 0 spiro atoms. The molecule has 0 atom stereocenters. The third-order valence-electron chi connectivity index (χ3n) is 3.92. The summed E-state index contributed by atoms with van der Waals surface area (Å²) in [4.78, 5) is 2.25. The van der Waals surface area contributed by atoms with Gasteiger partial charge in [-0.2, -0.15) is 0 Å². The maximum absolute atomic E-state index is 8.28. The van der Waals surface area contributed by atoms with Gasteiger partial charge in [-0.05, 0) is 24.0 Å². The van der Waals surface area contributed by atoms with Crippen LogP contribution in [0.25, 0.3) is 0 Å². The molecule has 3 rings (SSSR count). The van der Waals surface area contributed by atoms with Crippen molar-refractivity contribution < 1.29 is 0 Å². The molecule has 16 heavy (non-hydrogen) atoms. The van der Waals surface area contributed by atoms with Gasteiger partial charge in [0.15, 0.2) is 0 Å². The third kappa shape index (κ3) is 1.62. The molecule has 0 saturated heterocycles. The molecule has 1 aliphatic carbocycles. The Hall–Kier alpha value is -1.31. The van der Waals surface area contributed by atoms with Crippen molar-refractivity contribution in [2.24, 2.45) is 5.92 Å². The van der Waals surface area contributed by atoms with Gasteiger partial charge in [0.05, 0.1) is 5.84 Å². The summed E-state index contributed by atoms with van der Waals surface area (Å²) in [5, 5.41) is 8.28. The Balaban J connectivity index is 1.73. The minimum Gasteiger partial charge on any atom is -0.352 e. The van der Waals surface area contributed by atoms with Crippen LogP contribution in [0.1, 0.15) is 36.8 Å². The molecule has 2 aliphatic rings. The van der Waals surface area contributed by atoms with Crippen molar-refractivity contribution in [3.8, 4) is 0 Å². The molecule has 0 unspecified atom stereocenters. The highest BCUT2D eigenvalue weighted by Gasteiger charge is 2.27. The van der Waals surface area contributed by atoms with Crippen LogP contribution in [-0.4, -0.2) is 10.7 Å². The molecular weight excluding hydrogens is 196 g/mol. The van der Waals surface area contributed by atoms with E-state index in [2.05, 4.69) is 29.2 Å². The fraction of sp³-hybridized carbons (Fsp3) is 0.500. The van der Waals surface area contributed by atoms with Crippen LogP contribution in [0, 0.1) is 11.3 Å². The molecule has 0 aromatic heterocycles. The van der Waals surface area contributed by atoms with Crippen molar-refractivity contribution in [1.82, 2.24) is 4.90 Å². The highest BCUT2D eigenvalue weighted by atomic mass is 15.2. The van der Waals surface area contributed by atoms with E-state index in [4.69, 9.17) is 5.41 Å². The number of fused-ring (bicyclic) bond motifs is 1. The van der Waals surface area contributed by atoms with Gasteiger partial charge in [0.2, 0.25) is 0 Å². The van der Waals surface area contributed by atoms with Gasteiger partial charge < -0.3 is 4.90 Å². The fourth-order valence-corrected chi connectivity index (χ4v) is 2.96. The van der Waals surface area contributed by atoms with Crippen molar-refractivity contribution in [2.75, 3.05) is 0 Å². The summed E-state index contributed by atoms with van der Waals surface area (Å²) in [7, 11) is 0. The Morgan fingerprint density at radius 3 is 2.19 bits per heavy atom. The van der Waals surface area contributed by atoms with Gasteiger partial charge in [0, 0.05) is 19.0 Å². The Bertz CT molecular complexity index is 380. The molecule has 1 fully saturated rings. The summed E-state index contributed by atoms with van der Waals surface area (Å²) in [6, 6.07) is 8.58. The second kappa shape index (κ2) is 3.93. The molecule has 1 saturated carbocycles. The van der Waals surface area contributed by atoms with E-state index in [1.807, 2.05) is 0 Å². The first-order chi connectivity index (χ1) is 7.84. The van der Waals surface area contributed by atoms with Crippen molar-refractivity contribution >= 4 is 5.84 Å². The van der Waals surface area contributed by atoms with Crippen LogP contribution < -0.4 is 0 Å². The van der Waals surface area contributed by atoms with Crippen molar-refractivity contribution in [3.05, 3.63) is 35.4 Å². The second-order valence-corrected chi connectivity index (χ2v) is 4.99. The molecule has 1 aromatic rings. The van der Waals surface area contributed by atoms with Crippen LogP contribution in [0.5, 0.6) is 0 Å². The quantitative estimate of drug-likeness (QED) is 0.564. The van der Waals surface area contributed by atoms with Crippen LogP contribution in [-0.2, 0) is 13.1 Å². The van der Waals surface area contributed by atoms with Gasteiger partial charge in [-0.1, -0.05) is 37.1 Å². The number of rotatable bonds is 1. The predicted octanol–water partition coefficient (Wildman–Crippen LogP) is 3.17. The topological polar surface area (TPSA) is 27.1 Å². The van der Waals surface area contributed by atoms with Gasteiger partial charge in [0.25, 0.3) is 0 Å². The Kier molecular flexibility index (Phi) is 2.43. The molecule has 1 N–H and O–H groups in total. The molecule has 1 aliphatic heterocycles. The first kappa shape index (κ1) is 9.88. The first-order valence-electron chi connectivity index (χ1n) is 6.25. The second-order valence-electron chi connectivity index (χ2n) is 4.99. The molecule has 2 heteroatoms. The van der Waals surface area contributed by atoms with Crippen LogP contribution in [0.15, 0.2) is 24.3 Å². The lowest BCUT2D eigenvalue weighted by molar-refractivity contribution is 0.411. The zero-order chi connectivity index (χ0) is 11.0. The summed E-state index contributed by atoms with van der Waals surface area (Å²) < 4.78 is 0.